The van der Waals surface area contributed by atoms with Crippen LogP contribution in [0.25, 0.3) is 0 Å². The van der Waals surface area contributed by atoms with E-state index in [-0.39, 0.29) is 11.8 Å². The predicted octanol–water partition coefficient (Wildman–Crippen LogP) is 2.70. The molecule has 1 fully saturated rings. The highest BCUT2D eigenvalue weighted by Crippen LogP contribution is 2.48. The lowest BCUT2D eigenvalue weighted by atomic mass is 9.81. The van der Waals surface area contributed by atoms with Crippen LogP contribution in [0.4, 0.5) is 0 Å². The molecule has 19 heavy (non-hydrogen) atoms. The first-order valence-electron chi connectivity index (χ1n) is 7.00. The minimum Gasteiger partial charge on any atom is -0.481 e. The molecule has 3 heteroatoms. The molecule has 0 amide bonds. The van der Waals surface area contributed by atoms with Gasteiger partial charge in [-0.25, -0.2) is 0 Å². The molecule has 0 saturated heterocycles. The van der Waals surface area contributed by atoms with Gasteiger partial charge in [0.2, 0.25) is 0 Å². The van der Waals surface area contributed by atoms with Gasteiger partial charge in [-0.15, -0.1) is 0 Å². The first-order valence-corrected chi connectivity index (χ1v) is 7.00. The average Bonchev–Trinajstić information content (AvgIpc) is 2.67. The second kappa shape index (κ2) is 5.74. The minimum atomic E-state index is -0.724. The van der Waals surface area contributed by atoms with Crippen molar-refractivity contribution >= 4 is 5.97 Å². The standard InChI is InChI=1S/C16H23NO2/c1-12-8-16(11-17,10-15(18)19)9-14(12)7-13-5-3-2-4-6-13/h2-6,12,14H,7-11,17H2,1H3,(H,18,19)/t12-,14+,16+/m1/s1. The van der Waals surface area contributed by atoms with Gasteiger partial charge in [-0.3, -0.25) is 4.79 Å². The monoisotopic (exact) mass is 261 g/mol. The maximum Gasteiger partial charge on any atom is 0.303 e. The number of carbonyl (C=O) groups is 1. The lowest BCUT2D eigenvalue weighted by Crippen LogP contribution is -2.30. The smallest absolute Gasteiger partial charge is 0.303 e. The lowest BCUT2D eigenvalue weighted by molar-refractivity contribution is -0.139. The average molecular weight is 261 g/mol. The molecule has 1 aromatic rings. The second-order valence-corrected chi connectivity index (χ2v) is 6.11. The molecule has 3 nitrogen and oxygen atoms in total. The van der Waals surface area contributed by atoms with Crippen LogP contribution in [0.5, 0.6) is 0 Å². The summed E-state index contributed by atoms with van der Waals surface area (Å²) in [6.07, 6.45) is 3.11. The van der Waals surface area contributed by atoms with Crippen LogP contribution in [0.3, 0.4) is 0 Å². The summed E-state index contributed by atoms with van der Waals surface area (Å²) in [7, 11) is 0. The van der Waals surface area contributed by atoms with Crippen LogP contribution in [-0.4, -0.2) is 17.6 Å². The van der Waals surface area contributed by atoms with Crippen LogP contribution in [0, 0.1) is 17.3 Å². The van der Waals surface area contributed by atoms with Gasteiger partial charge in [0.05, 0.1) is 6.42 Å². The van der Waals surface area contributed by atoms with Crippen molar-refractivity contribution < 1.29 is 9.90 Å². The Morgan fingerprint density at radius 2 is 2.05 bits per heavy atom. The van der Waals surface area contributed by atoms with Crippen molar-refractivity contribution in [2.45, 2.75) is 32.6 Å². The predicted molar refractivity (Wildman–Crippen MR) is 75.8 cm³/mol. The van der Waals surface area contributed by atoms with Crippen molar-refractivity contribution in [1.82, 2.24) is 0 Å². The second-order valence-electron chi connectivity index (χ2n) is 6.11. The van der Waals surface area contributed by atoms with E-state index in [1.54, 1.807) is 0 Å². The Balaban J connectivity index is 2.06. The molecular weight excluding hydrogens is 238 g/mol. The van der Waals surface area contributed by atoms with E-state index in [0.29, 0.717) is 18.4 Å². The number of hydrogen-bond donors (Lipinski definition) is 2. The van der Waals surface area contributed by atoms with Gasteiger partial charge in [0, 0.05) is 0 Å². The molecule has 3 N–H and O–H groups in total. The number of nitrogens with two attached hydrogens (primary N) is 1. The van der Waals surface area contributed by atoms with Gasteiger partial charge in [0.25, 0.3) is 0 Å². The molecule has 0 aliphatic heterocycles. The van der Waals surface area contributed by atoms with Gasteiger partial charge >= 0.3 is 5.97 Å². The van der Waals surface area contributed by atoms with E-state index < -0.39 is 5.97 Å². The fourth-order valence-electron chi connectivity index (χ4n) is 3.58. The Bertz CT molecular complexity index is 432. The first kappa shape index (κ1) is 14.1. The molecule has 0 heterocycles. The third-order valence-corrected chi connectivity index (χ3v) is 4.55. The summed E-state index contributed by atoms with van der Waals surface area (Å²) in [6.45, 7) is 2.71. The molecule has 1 aliphatic carbocycles. The van der Waals surface area contributed by atoms with Gasteiger partial charge in [-0.2, -0.15) is 0 Å². The van der Waals surface area contributed by atoms with Gasteiger partial charge in [-0.1, -0.05) is 37.3 Å². The fraction of sp³-hybridized carbons (Fsp3) is 0.562. The van der Waals surface area contributed by atoms with Crippen molar-refractivity contribution in [3.8, 4) is 0 Å². The number of carboxylic acids is 1. The molecule has 104 valence electrons. The molecule has 0 aromatic heterocycles. The highest BCUT2D eigenvalue weighted by Gasteiger charge is 2.43. The van der Waals surface area contributed by atoms with E-state index in [0.717, 1.165) is 19.3 Å². The summed E-state index contributed by atoms with van der Waals surface area (Å²) in [5.74, 6) is 0.367. The molecule has 3 atom stereocenters. The number of carboxylic acid groups (broad SMARTS) is 1. The molecule has 2 rings (SSSR count). The normalized spacial score (nSPS) is 30.4. The highest BCUT2D eigenvalue weighted by molar-refractivity contribution is 5.67. The Labute approximate surface area is 114 Å². The summed E-state index contributed by atoms with van der Waals surface area (Å²) in [6, 6.07) is 10.4. The van der Waals surface area contributed by atoms with Gasteiger partial charge < -0.3 is 10.8 Å². The molecule has 0 unspecified atom stereocenters. The molecule has 0 radical (unpaired) electrons. The number of hydrogen-bond acceptors (Lipinski definition) is 2. The summed E-state index contributed by atoms with van der Waals surface area (Å²) in [4.78, 5) is 11.0. The topological polar surface area (TPSA) is 63.3 Å². The minimum absolute atomic E-state index is 0.190. The molecule has 1 aliphatic rings. The van der Waals surface area contributed by atoms with Crippen molar-refractivity contribution in [1.29, 1.82) is 0 Å². The van der Waals surface area contributed by atoms with Crippen LogP contribution >= 0.6 is 0 Å². The third kappa shape index (κ3) is 3.35. The zero-order chi connectivity index (χ0) is 13.9. The first-order chi connectivity index (χ1) is 9.04. The fourth-order valence-corrected chi connectivity index (χ4v) is 3.58. The van der Waals surface area contributed by atoms with Gasteiger partial charge in [0.1, 0.15) is 0 Å². The summed E-state index contributed by atoms with van der Waals surface area (Å²) in [5.41, 5.74) is 7.02. The zero-order valence-electron chi connectivity index (χ0n) is 11.5. The molecule has 0 spiro atoms. The van der Waals surface area contributed by atoms with E-state index >= 15 is 0 Å². The number of aliphatic carboxylic acids is 1. The summed E-state index contributed by atoms with van der Waals surface area (Å²) < 4.78 is 0. The number of benzene rings is 1. The van der Waals surface area contributed by atoms with E-state index in [2.05, 4.69) is 31.2 Å². The highest BCUT2D eigenvalue weighted by atomic mass is 16.4. The Kier molecular flexibility index (Phi) is 4.25. The van der Waals surface area contributed by atoms with E-state index in [1.807, 2.05) is 6.07 Å². The van der Waals surface area contributed by atoms with Crippen molar-refractivity contribution in [2.75, 3.05) is 6.54 Å². The lowest BCUT2D eigenvalue weighted by Gasteiger charge is -2.25. The maximum atomic E-state index is 11.0. The van der Waals surface area contributed by atoms with Crippen LogP contribution < -0.4 is 5.73 Å². The maximum absolute atomic E-state index is 11.0. The van der Waals surface area contributed by atoms with Crippen LogP contribution in [-0.2, 0) is 11.2 Å². The van der Waals surface area contributed by atoms with Crippen molar-refractivity contribution in [3.63, 3.8) is 0 Å². The van der Waals surface area contributed by atoms with E-state index in [4.69, 9.17) is 10.8 Å². The van der Waals surface area contributed by atoms with Crippen molar-refractivity contribution in [2.24, 2.45) is 23.0 Å². The molecule has 1 aromatic carbocycles. The van der Waals surface area contributed by atoms with Gasteiger partial charge in [-0.05, 0) is 48.6 Å². The molecular formula is C16H23NO2. The summed E-state index contributed by atoms with van der Waals surface area (Å²) >= 11 is 0. The van der Waals surface area contributed by atoms with Crippen molar-refractivity contribution in [3.05, 3.63) is 35.9 Å². The van der Waals surface area contributed by atoms with Crippen LogP contribution in [0.1, 0.15) is 31.7 Å². The number of rotatable bonds is 5. The van der Waals surface area contributed by atoms with Crippen LogP contribution in [0.2, 0.25) is 0 Å². The Hall–Kier alpha value is -1.35. The SMILES string of the molecule is C[C@@H]1C[C@@](CN)(CC(=O)O)C[C@@H]1Cc1ccccc1. The molecule has 0 bridgehead atoms. The van der Waals surface area contributed by atoms with E-state index in [1.165, 1.54) is 5.56 Å². The third-order valence-electron chi connectivity index (χ3n) is 4.55. The largest absolute Gasteiger partial charge is 0.481 e. The van der Waals surface area contributed by atoms with Gasteiger partial charge in [0.15, 0.2) is 0 Å². The Morgan fingerprint density at radius 3 is 2.63 bits per heavy atom. The quantitative estimate of drug-likeness (QED) is 0.856. The van der Waals surface area contributed by atoms with E-state index in [9.17, 15) is 4.79 Å². The van der Waals surface area contributed by atoms with Crippen LogP contribution in [0.15, 0.2) is 30.3 Å². The molecule has 1 saturated carbocycles. The summed E-state index contributed by atoms with van der Waals surface area (Å²) in [5, 5.41) is 9.08. The Morgan fingerprint density at radius 1 is 1.37 bits per heavy atom. The zero-order valence-corrected chi connectivity index (χ0v) is 11.5.